The van der Waals surface area contributed by atoms with Crippen LogP contribution >= 0.6 is 0 Å². The largest absolute Gasteiger partial charge is 0.378 e. The molecule has 1 fully saturated rings. The molecular formula is C19H25N5O2. The Morgan fingerprint density at radius 1 is 1.42 bits per heavy atom. The molecule has 2 N–H and O–H groups in total. The minimum atomic E-state index is 0.0166. The lowest BCUT2D eigenvalue weighted by atomic mass is 9.89. The number of pyridine rings is 1. The number of ether oxygens (including phenoxy) is 1. The van der Waals surface area contributed by atoms with Crippen molar-refractivity contribution in [2.24, 2.45) is 5.92 Å². The summed E-state index contributed by atoms with van der Waals surface area (Å²) in [6, 6.07) is 4.02. The molecule has 0 saturated carbocycles. The molecule has 1 saturated heterocycles. The van der Waals surface area contributed by atoms with Gasteiger partial charge in [-0.1, -0.05) is 0 Å². The summed E-state index contributed by atoms with van der Waals surface area (Å²) in [7, 11) is 0. The van der Waals surface area contributed by atoms with Gasteiger partial charge >= 0.3 is 0 Å². The number of carbonyl (C=O) groups is 1. The molecule has 0 radical (unpaired) electrons. The molecule has 3 heterocycles. The molecule has 2 aromatic heterocycles. The SMILES string of the molecule is Cc1nc2c([nH]1)CC(C(=O)NCc1ccnc(N3CCOCC3)c1)CC2. The van der Waals surface area contributed by atoms with Crippen molar-refractivity contribution in [1.82, 2.24) is 20.3 Å². The molecule has 1 amide bonds. The molecule has 1 atom stereocenters. The predicted octanol–water partition coefficient (Wildman–Crippen LogP) is 1.37. The van der Waals surface area contributed by atoms with Crippen LogP contribution in [0.15, 0.2) is 18.3 Å². The summed E-state index contributed by atoms with van der Waals surface area (Å²) < 4.78 is 5.39. The number of morpholine rings is 1. The number of carbonyl (C=O) groups excluding carboxylic acids is 1. The molecule has 7 nitrogen and oxygen atoms in total. The fourth-order valence-electron chi connectivity index (χ4n) is 3.72. The minimum absolute atomic E-state index is 0.0166. The van der Waals surface area contributed by atoms with Crippen LogP contribution < -0.4 is 10.2 Å². The van der Waals surface area contributed by atoms with E-state index in [0.717, 1.165) is 74.2 Å². The lowest BCUT2D eigenvalue weighted by molar-refractivity contribution is -0.125. The van der Waals surface area contributed by atoms with Crippen LogP contribution in [0.4, 0.5) is 5.82 Å². The minimum Gasteiger partial charge on any atom is -0.378 e. The molecule has 7 heteroatoms. The maximum atomic E-state index is 12.6. The van der Waals surface area contributed by atoms with E-state index in [0.29, 0.717) is 6.54 Å². The Bertz CT molecular complexity index is 782. The van der Waals surface area contributed by atoms with Crippen molar-refractivity contribution in [3.05, 3.63) is 41.1 Å². The van der Waals surface area contributed by atoms with E-state index in [1.165, 1.54) is 0 Å². The first kappa shape index (κ1) is 17.0. The number of H-pyrrole nitrogens is 1. The zero-order valence-corrected chi connectivity index (χ0v) is 15.1. The van der Waals surface area contributed by atoms with Crippen LogP contribution in [0.2, 0.25) is 0 Å². The van der Waals surface area contributed by atoms with Gasteiger partial charge in [0.05, 0.1) is 18.9 Å². The van der Waals surface area contributed by atoms with Gasteiger partial charge in [-0.3, -0.25) is 4.79 Å². The first-order chi connectivity index (χ1) is 12.7. The fraction of sp³-hybridized carbons (Fsp3) is 0.526. The Kier molecular flexibility index (Phi) is 4.88. The second-order valence-electron chi connectivity index (χ2n) is 7.03. The van der Waals surface area contributed by atoms with Crippen LogP contribution in [0.25, 0.3) is 0 Å². The van der Waals surface area contributed by atoms with E-state index in [-0.39, 0.29) is 11.8 Å². The lowest BCUT2D eigenvalue weighted by Crippen LogP contribution is -2.37. The molecule has 138 valence electrons. The number of aryl methyl sites for hydroxylation is 2. The van der Waals surface area contributed by atoms with Crippen LogP contribution in [-0.2, 0) is 28.9 Å². The average Bonchev–Trinajstić information content (AvgIpc) is 3.06. The van der Waals surface area contributed by atoms with E-state index >= 15 is 0 Å². The monoisotopic (exact) mass is 355 g/mol. The van der Waals surface area contributed by atoms with Gasteiger partial charge in [0.2, 0.25) is 5.91 Å². The summed E-state index contributed by atoms with van der Waals surface area (Å²) in [6.07, 6.45) is 4.29. The first-order valence-corrected chi connectivity index (χ1v) is 9.29. The Morgan fingerprint density at radius 3 is 3.12 bits per heavy atom. The number of aromatic nitrogens is 3. The van der Waals surface area contributed by atoms with Crippen molar-refractivity contribution in [2.45, 2.75) is 32.7 Å². The zero-order valence-electron chi connectivity index (χ0n) is 15.1. The summed E-state index contributed by atoms with van der Waals surface area (Å²) in [5.41, 5.74) is 3.31. The number of hydrogen-bond acceptors (Lipinski definition) is 5. The number of nitrogens with zero attached hydrogens (tertiary/aromatic N) is 3. The third-order valence-electron chi connectivity index (χ3n) is 5.15. The fourth-order valence-corrected chi connectivity index (χ4v) is 3.72. The van der Waals surface area contributed by atoms with Gasteiger partial charge in [-0.2, -0.15) is 0 Å². The van der Waals surface area contributed by atoms with Gasteiger partial charge < -0.3 is 19.9 Å². The van der Waals surface area contributed by atoms with E-state index in [1.807, 2.05) is 19.2 Å². The maximum Gasteiger partial charge on any atom is 0.223 e. The summed E-state index contributed by atoms with van der Waals surface area (Å²) in [5.74, 6) is 2.02. The first-order valence-electron chi connectivity index (χ1n) is 9.29. The summed E-state index contributed by atoms with van der Waals surface area (Å²) in [4.78, 5) is 27.0. The molecular weight excluding hydrogens is 330 g/mol. The van der Waals surface area contributed by atoms with Gasteiger partial charge in [0.15, 0.2) is 0 Å². The molecule has 0 spiro atoms. The van der Waals surface area contributed by atoms with E-state index in [9.17, 15) is 4.79 Å². The van der Waals surface area contributed by atoms with Gasteiger partial charge in [0.25, 0.3) is 0 Å². The molecule has 0 bridgehead atoms. The van der Waals surface area contributed by atoms with Gasteiger partial charge in [-0.15, -0.1) is 0 Å². The average molecular weight is 355 g/mol. The highest BCUT2D eigenvalue weighted by Crippen LogP contribution is 2.24. The molecule has 1 aliphatic carbocycles. The van der Waals surface area contributed by atoms with Crippen molar-refractivity contribution >= 4 is 11.7 Å². The number of hydrogen-bond donors (Lipinski definition) is 2. The second-order valence-corrected chi connectivity index (χ2v) is 7.03. The Balaban J connectivity index is 1.34. The van der Waals surface area contributed by atoms with Crippen LogP contribution in [0.5, 0.6) is 0 Å². The van der Waals surface area contributed by atoms with Crippen molar-refractivity contribution in [2.75, 3.05) is 31.2 Å². The molecule has 26 heavy (non-hydrogen) atoms. The van der Waals surface area contributed by atoms with E-state index < -0.39 is 0 Å². The summed E-state index contributed by atoms with van der Waals surface area (Å²) in [6.45, 7) is 5.68. The van der Waals surface area contributed by atoms with E-state index in [1.54, 1.807) is 0 Å². The van der Waals surface area contributed by atoms with Crippen molar-refractivity contribution in [3.8, 4) is 0 Å². The molecule has 1 unspecified atom stereocenters. The van der Waals surface area contributed by atoms with Crippen LogP contribution in [-0.4, -0.2) is 47.2 Å². The third kappa shape index (κ3) is 3.72. The standard InChI is InChI=1S/C19H25N5O2/c1-13-22-16-3-2-15(11-17(16)23-13)19(25)21-12-14-4-5-20-18(10-14)24-6-8-26-9-7-24/h4-5,10,15H,2-3,6-9,11-12H2,1H3,(H,21,25)(H,22,23). The lowest BCUT2D eigenvalue weighted by Gasteiger charge is -2.28. The van der Waals surface area contributed by atoms with Crippen molar-refractivity contribution in [3.63, 3.8) is 0 Å². The predicted molar refractivity (Wildman–Crippen MR) is 98.0 cm³/mol. The maximum absolute atomic E-state index is 12.6. The van der Waals surface area contributed by atoms with Gasteiger partial charge in [0.1, 0.15) is 11.6 Å². The molecule has 2 aromatic rings. The highest BCUT2D eigenvalue weighted by Gasteiger charge is 2.26. The molecule has 1 aliphatic heterocycles. The molecule has 4 rings (SSSR count). The van der Waals surface area contributed by atoms with Crippen molar-refractivity contribution < 1.29 is 9.53 Å². The normalized spacial score (nSPS) is 19.9. The van der Waals surface area contributed by atoms with Gasteiger partial charge in [-0.05, 0) is 37.5 Å². The zero-order chi connectivity index (χ0) is 17.9. The Hall–Kier alpha value is -2.41. The number of aromatic amines is 1. The Morgan fingerprint density at radius 2 is 2.27 bits per heavy atom. The highest BCUT2D eigenvalue weighted by molar-refractivity contribution is 5.79. The Labute approximate surface area is 153 Å². The highest BCUT2D eigenvalue weighted by atomic mass is 16.5. The summed E-state index contributed by atoms with van der Waals surface area (Å²) >= 11 is 0. The summed E-state index contributed by atoms with van der Waals surface area (Å²) in [5, 5.41) is 3.09. The van der Waals surface area contributed by atoms with Crippen molar-refractivity contribution in [1.29, 1.82) is 0 Å². The topological polar surface area (TPSA) is 83.1 Å². The smallest absolute Gasteiger partial charge is 0.223 e. The molecule has 2 aliphatic rings. The number of rotatable bonds is 4. The number of fused-ring (bicyclic) bond motifs is 1. The molecule has 0 aromatic carbocycles. The van der Waals surface area contributed by atoms with Crippen LogP contribution in [0, 0.1) is 12.8 Å². The van der Waals surface area contributed by atoms with Gasteiger partial charge in [-0.25, -0.2) is 9.97 Å². The third-order valence-corrected chi connectivity index (χ3v) is 5.15. The number of imidazole rings is 1. The quantitative estimate of drug-likeness (QED) is 0.866. The van der Waals surface area contributed by atoms with E-state index in [4.69, 9.17) is 4.74 Å². The van der Waals surface area contributed by atoms with Gasteiger partial charge in [0, 0.05) is 43.9 Å². The van der Waals surface area contributed by atoms with Crippen LogP contribution in [0.3, 0.4) is 0 Å². The van der Waals surface area contributed by atoms with Crippen LogP contribution in [0.1, 0.15) is 29.2 Å². The number of amides is 1. The number of anilines is 1. The van der Waals surface area contributed by atoms with E-state index in [2.05, 4.69) is 31.2 Å². The number of nitrogens with one attached hydrogen (secondary N) is 2. The second kappa shape index (κ2) is 7.45.